The minimum absolute atomic E-state index is 0.0387. The number of hydrogen-bond acceptors (Lipinski definition) is 4. The van der Waals surface area contributed by atoms with Crippen molar-refractivity contribution in [3.05, 3.63) is 23.8 Å². The summed E-state index contributed by atoms with van der Waals surface area (Å²) in [5.74, 6) is 0.0387. The van der Waals surface area contributed by atoms with Gasteiger partial charge in [-0.15, -0.1) is 0 Å². The summed E-state index contributed by atoms with van der Waals surface area (Å²) >= 11 is 1.44. The molecule has 1 heterocycles. The van der Waals surface area contributed by atoms with E-state index < -0.39 is 0 Å². The number of fused-ring (bicyclic) bond motifs is 1. The normalized spacial score (nSPS) is 11.0. The summed E-state index contributed by atoms with van der Waals surface area (Å²) in [5, 5.41) is 3.43. The molecule has 0 saturated heterocycles. The predicted octanol–water partition coefficient (Wildman–Crippen LogP) is 1.95. The second-order valence-electron chi connectivity index (χ2n) is 4.25. The molecule has 0 aliphatic carbocycles. The molecular formula is C12H15N3OS. The minimum atomic E-state index is 0.0387. The SMILES string of the molecule is CC(C)NC(=O)Cc1ccc2nc(N)sc2c1. The molecule has 2 rings (SSSR count). The Morgan fingerprint density at radius 3 is 3.00 bits per heavy atom. The number of nitrogens with one attached hydrogen (secondary N) is 1. The lowest BCUT2D eigenvalue weighted by Gasteiger charge is -2.07. The van der Waals surface area contributed by atoms with Gasteiger partial charge in [0.15, 0.2) is 5.13 Å². The zero-order valence-electron chi connectivity index (χ0n) is 9.86. The molecule has 4 nitrogen and oxygen atoms in total. The van der Waals surface area contributed by atoms with Gasteiger partial charge in [-0.05, 0) is 31.5 Å². The molecule has 0 spiro atoms. The van der Waals surface area contributed by atoms with Gasteiger partial charge in [-0.2, -0.15) is 0 Å². The third kappa shape index (κ3) is 2.94. The molecule has 1 aromatic heterocycles. The van der Waals surface area contributed by atoms with Crippen molar-refractivity contribution in [3.8, 4) is 0 Å². The summed E-state index contributed by atoms with van der Waals surface area (Å²) in [6.07, 6.45) is 0.395. The first-order chi connectivity index (χ1) is 8.04. The van der Waals surface area contributed by atoms with E-state index in [-0.39, 0.29) is 11.9 Å². The molecule has 0 atom stereocenters. The molecular weight excluding hydrogens is 234 g/mol. The minimum Gasteiger partial charge on any atom is -0.375 e. The summed E-state index contributed by atoms with van der Waals surface area (Å²) in [6.45, 7) is 3.90. The number of rotatable bonds is 3. The van der Waals surface area contributed by atoms with Crippen LogP contribution in [0.15, 0.2) is 18.2 Å². The Morgan fingerprint density at radius 2 is 2.29 bits per heavy atom. The molecule has 3 N–H and O–H groups in total. The van der Waals surface area contributed by atoms with Crippen LogP contribution in [0.1, 0.15) is 19.4 Å². The third-order valence-corrected chi connectivity index (χ3v) is 3.13. The summed E-state index contributed by atoms with van der Waals surface area (Å²) < 4.78 is 1.03. The fourth-order valence-electron chi connectivity index (χ4n) is 1.66. The van der Waals surface area contributed by atoms with E-state index in [2.05, 4.69) is 10.3 Å². The molecule has 2 aromatic rings. The first-order valence-electron chi connectivity index (χ1n) is 5.49. The van der Waals surface area contributed by atoms with Gasteiger partial charge in [0.2, 0.25) is 5.91 Å². The quantitative estimate of drug-likeness (QED) is 0.873. The van der Waals surface area contributed by atoms with Gasteiger partial charge in [-0.25, -0.2) is 4.98 Å². The number of benzene rings is 1. The molecule has 0 aliphatic rings. The molecule has 17 heavy (non-hydrogen) atoms. The van der Waals surface area contributed by atoms with Crippen molar-refractivity contribution in [1.82, 2.24) is 10.3 Å². The zero-order chi connectivity index (χ0) is 12.4. The number of thiazole rings is 1. The van der Waals surface area contributed by atoms with Crippen LogP contribution in [0.5, 0.6) is 0 Å². The van der Waals surface area contributed by atoms with Crippen LogP contribution in [0.25, 0.3) is 10.2 Å². The maximum Gasteiger partial charge on any atom is 0.224 e. The number of nitrogens with zero attached hydrogens (tertiary/aromatic N) is 1. The molecule has 90 valence electrons. The number of anilines is 1. The van der Waals surface area contributed by atoms with Crippen molar-refractivity contribution >= 4 is 32.6 Å². The van der Waals surface area contributed by atoms with Gasteiger partial charge in [0, 0.05) is 6.04 Å². The van der Waals surface area contributed by atoms with E-state index in [0.717, 1.165) is 15.8 Å². The van der Waals surface area contributed by atoms with Crippen LogP contribution in [0, 0.1) is 0 Å². The van der Waals surface area contributed by atoms with Crippen molar-refractivity contribution in [1.29, 1.82) is 0 Å². The molecule has 5 heteroatoms. The van der Waals surface area contributed by atoms with Gasteiger partial charge in [-0.3, -0.25) is 4.79 Å². The summed E-state index contributed by atoms with van der Waals surface area (Å²) in [4.78, 5) is 15.8. The molecule has 1 aromatic carbocycles. The Labute approximate surface area is 104 Å². The van der Waals surface area contributed by atoms with Crippen LogP contribution in [-0.4, -0.2) is 16.9 Å². The van der Waals surface area contributed by atoms with Crippen molar-refractivity contribution in [2.24, 2.45) is 0 Å². The van der Waals surface area contributed by atoms with Gasteiger partial charge < -0.3 is 11.1 Å². The smallest absolute Gasteiger partial charge is 0.224 e. The van der Waals surface area contributed by atoms with Gasteiger partial charge in [0.1, 0.15) is 0 Å². The number of hydrogen-bond donors (Lipinski definition) is 2. The standard InChI is InChI=1S/C12H15N3OS/c1-7(2)14-11(16)6-8-3-4-9-10(5-8)17-12(13)15-9/h3-5,7H,6H2,1-2H3,(H2,13,15)(H,14,16). The van der Waals surface area contributed by atoms with E-state index in [1.165, 1.54) is 11.3 Å². The van der Waals surface area contributed by atoms with Crippen LogP contribution in [0.4, 0.5) is 5.13 Å². The average Bonchev–Trinajstić information content (AvgIpc) is 2.55. The zero-order valence-corrected chi connectivity index (χ0v) is 10.7. The first kappa shape index (κ1) is 11.9. The monoisotopic (exact) mass is 249 g/mol. The molecule has 0 saturated carbocycles. The Balaban J connectivity index is 2.16. The lowest BCUT2D eigenvalue weighted by molar-refractivity contribution is -0.120. The fourth-order valence-corrected chi connectivity index (χ4v) is 2.45. The third-order valence-electron chi connectivity index (χ3n) is 2.28. The fraction of sp³-hybridized carbons (Fsp3) is 0.333. The van der Waals surface area contributed by atoms with Crippen LogP contribution in [0.2, 0.25) is 0 Å². The van der Waals surface area contributed by atoms with Crippen molar-refractivity contribution in [2.75, 3.05) is 5.73 Å². The molecule has 0 bridgehead atoms. The van der Waals surface area contributed by atoms with Crippen LogP contribution in [0.3, 0.4) is 0 Å². The second-order valence-corrected chi connectivity index (χ2v) is 5.32. The average molecular weight is 249 g/mol. The highest BCUT2D eigenvalue weighted by atomic mass is 32.1. The van der Waals surface area contributed by atoms with Crippen molar-refractivity contribution < 1.29 is 4.79 Å². The number of carbonyl (C=O) groups is 1. The van der Waals surface area contributed by atoms with Gasteiger partial charge in [0.25, 0.3) is 0 Å². The van der Waals surface area contributed by atoms with Crippen molar-refractivity contribution in [2.45, 2.75) is 26.3 Å². The van der Waals surface area contributed by atoms with E-state index in [0.29, 0.717) is 11.6 Å². The van der Waals surface area contributed by atoms with E-state index in [9.17, 15) is 4.79 Å². The van der Waals surface area contributed by atoms with E-state index >= 15 is 0 Å². The Bertz CT molecular complexity index is 548. The van der Waals surface area contributed by atoms with E-state index in [1.54, 1.807) is 0 Å². The van der Waals surface area contributed by atoms with Gasteiger partial charge in [0.05, 0.1) is 16.6 Å². The lowest BCUT2D eigenvalue weighted by atomic mass is 10.1. The Kier molecular flexibility index (Phi) is 3.28. The van der Waals surface area contributed by atoms with E-state index in [4.69, 9.17) is 5.73 Å². The highest BCUT2D eigenvalue weighted by molar-refractivity contribution is 7.22. The Hall–Kier alpha value is -1.62. The lowest BCUT2D eigenvalue weighted by Crippen LogP contribution is -2.31. The predicted molar refractivity (Wildman–Crippen MR) is 71.0 cm³/mol. The largest absolute Gasteiger partial charge is 0.375 e. The first-order valence-corrected chi connectivity index (χ1v) is 6.30. The maximum absolute atomic E-state index is 11.6. The summed E-state index contributed by atoms with van der Waals surface area (Å²) in [7, 11) is 0. The molecule has 0 radical (unpaired) electrons. The Morgan fingerprint density at radius 1 is 1.53 bits per heavy atom. The number of aromatic nitrogens is 1. The topological polar surface area (TPSA) is 68.0 Å². The molecule has 0 unspecified atom stereocenters. The highest BCUT2D eigenvalue weighted by Crippen LogP contribution is 2.24. The number of amides is 1. The molecule has 0 aliphatic heterocycles. The van der Waals surface area contributed by atoms with E-state index in [1.807, 2.05) is 32.0 Å². The molecule has 1 amide bonds. The summed E-state index contributed by atoms with van der Waals surface area (Å²) in [5.41, 5.74) is 7.51. The highest BCUT2D eigenvalue weighted by Gasteiger charge is 2.07. The van der Waals surface area contributed by atoms with Crippen LogP contribution >= 0.6 is 11.3 Å². The number of nitrogen functional groups attached to an aromatic ring is 1. The molecule has 0 fully saturated rings. The van der Waals surface area contributed by atoms with Crippen molar-refractivity contribution in [3.63, 3.8) is 0 Å². The van der Waals surface area contributed by atoms with Gasteiger partial charge in [-0.1, -0.05) is 17.4 Å². The number of nitrogens with two attached hydrogens (primary N) is 1. The van der Waals surface area contributed by atoms with Crippen LogP contribution < -0.4 is 11.1 Å². The number of carbonyl (C=O) groups excluding carboxylic acids is 1. The van der Waals surface area contributed by atoms with Crippen LogP contribution in [-0.2, 0) is 11.2 Å². The maximum atomic E-state index is 11.6. The summed E-state index contributed by atoms with van der Waals surface area (Å²) in [6, 6.07) is 5.97. The van der Waals surface area contributed by atoms with Gasteiger partial charge >= 0.3 is 0 Å². The second kappa shape index (κ2) is 4.71.